The van der Waals surface area contributed by atoms with Gasteiger partial charge in [-0.3, -0.25) is 0 Å². The zero-order valence-electron chi connectivity index (χ0n) is 12.7. The van der Waals surface area contributed by atoms with Gasteiger partial charge in [-0.05, 0) is 31.0 Å². The SMILES string of the molecule is Cc1cccc(N2CCN(c3ncc(CN)s3)CC2)c1C. The van der Waals surface area contributed by atoms with Gasteiger partial charge in [-0.1, -0.05) is 12.1 Å². The van der Waals surface area contributed by atoms with Gasteiger partial charge in [0.2, 0.25) is 0 Å². The number of aryl methyl sites for hydroxylation is 1. The topological polar surface area (TPSA) is 45.4 Å². The van der Waals surface area contributed by atoms with E-state index in [1.54, 1.807) is 11.3 Å². The Labute approximate surface area is 130 Å². The number of hydrogen-bond acceptors (Lipinski definition) is 5. The van der Waals surface area contributed by atoms with Crippen LogP contribution in [0.3, 0.4) is 0 Å². The molecule has 21 heavy (non-hydrogen) atoms. The van der Waals surface area contributed by atoms with Crippen molar-refractivity contribution >= 4 is 22.2 Å². The van der Waals surface area contributed by atoms with Crippen LogP contribution in [-0.2, 0) is 6.54 Å². The van der Waals surface area contributed by atoms with Crippen LogP contribution in [0.15, 0.2) is 24.4 Å². The van der Waals surface area contributed by atoms with E-state index in [4.69, 9.17) is 5.73 Å². The van der Waals surface area contributed by atoms with Crippen molar-refractivity contribution in [2.24, 2.45) is 5.73 Å². The maximum absolute atomic E-state index is 5.67. The van der Waals surface area contributed by atoms with E-state index in [-0.39, 0.29) is 0 Å². The molecule has 1 aliphatic rings. The summed E-state index contributed by atoms with van der Waals surface area (Å²) in [6, 6.07) is 6.56. The van der Waals surface area contributed by atoms with Crippen molar-refractivity contribution in [3.05, 3.63) is 40.4 Å². The van der Waals surface area contributed by atoms with Crippen molar-refractivity contribution in [3.63, 3.8) is 0 Å². The Morgan fingerprint density at radius 2 is 1.86 bits per heavy atom. The fraction of sp³-hybridized carbons (Fsp3) is 0.438. The number of thiazole rings is 1. The Hall–Kier alpha value is -1.59. The Morgan fingerprint density at radius 1 is 1.14 bits per heavy atom. The second kappa shape index (κ2) is 6.03. The molecule has 0 amide bonds. The lowest BCUT2D eigenvalue weighted by atomic mass is 10.1. The summed E-state index contributed by atoms with van der Waals surface area (Å²) < 4.78 is 0. The molecule has 0 radical (unpaired) electrons. The largest absolute Gasteiger partial charge is 0.368 e. The third kappa shape index (κ3) is 2.89. The number of nitrogens with zero attached hydrogens (tertiary/aromatic N) is 3. The molecule has 0 bridgehead atoms. The number of piperazine rings is 1. The molecule has 0 saturated carbocycles. The van der Waals surface area contributed by atoms with Crippen LogP contribution in [0.2, 0.25) is 0 Å². The molecule has 1 saturated heterocycles. The summed E-state index contributed by atoms with van der Waals surface area (Å²) in [6.45, 7) is 9.10. The number of aromatic nitrogens is 1. The van der Waals surface area contributed by atoms with Gasteiger partial charge in [-0.15, -0.1) is 11.3 Å². The summed E-state index contributed by atoms with van der Waals surface area (Å²) in [5.41, 5.74) is 9.79. The predicted molar refractivity (Wildman–Crippen MR) is 90.3 cm³/mol. The molecule has 1 aliphatic heterocycles. The average Bonchev–Trinajstić information content (AvgIpc) is 2.99. The highest BCUT2D eigenvalue weighted by molar-refractivity contribution is 7.15. The Kier molecular flexibility index (Phi) is 4.12. The highest BCUT2D eigenvalue weighted by atomic mass is 32.1. The van der Waals surface area contributed by atoms with Gasteiger partial charge in [0.15, 0.2) is 5.13 Å². The molecule has 0 unspecified atom stereocenters. The molecule has 5 heteroatoms. The molecule has 0 atom stereocenters. The van der Waals surface area contributed by atoms with E-state index >= 15 is 0 Å². The van der Waals surface area contributed by atoms with E-state index < -0.39 is 0 Å². The summed E-state index contributed by atoms with van der Waals surface area (Å²) in [7, 11) is 0. The van der Waals surface area contributed by atoms with Crippen molar-refractivity contribution < 1.29 is 0 Å². The van der Waals surface area contributed by atoms with Crippen LogP contribution in [0.4, 0.5) is 10.8 Å². The van der Waals surface area contributed by atoms with Gasteiger partial charge in [-0.2, -0.15) is 0 Å². The van der Waals surface area contributed by atoms with Crippen molar-refractivity contribution in [1.29, 1.82) is 0 Å². The second-order valence-corrected chi connectivity index (χ2v) is 6.60. The summed E-state index contributed by atoms with van der Waals surface area (Å²) in [6.07, 6.45) is 1.90. The minimum Gasteiger partial charge on any atom is -0.368 e. The minimum atomic E-state index is 0.583. The van der Waals surface area contributed by atoms with E-state index in [9.17, 15) is 0 Å². The molecular formula is C16H22N4S. The van der Waals surface area contributed by atoms with Crippen molar-refractivity contribution in [3.8, 4) is 0 Å². The molecule has 1 aromatic carbocycles. The molecule has 3 rings (SSSR count). The second-order valence-electron chi connectivity index (χ2n) is 5.51. The van der Waals surface area contributed by atoms with Gasteiger partial charge in [0.1, 0.15) is 0 Å². The monoisotopic (exact) mass is 302 g/mol. The first kappa shape index (κ1) is 14.4. The third-order valence-corrected chi connectivity index (χ3v) is 5.29. The van der Waals surface area contributed by atoms with E-state index in [1.165, 1.54) is 16.8 Å². The van der Waals surface area contributed by atoms with Crippen molar-refractivity contribution in [2.75, 3.05) is 36.0 Å². The van der Waals surface area contributed by atoms with E-state index in [0.29, 0.717) is 6.54 Å². The number of anilines is 2. The molecule has 0 aliphatic carbocycles. The molecule has 1 aromatic heterocycles. The maximum Gasteiger partial charge on any atom is 0.185 e. The fourth-order valence-corrected chi connectivity index (χ4v) is 3.59. The summed E-state index contributed by atoms with van der Waals surface area (Å²) in [4.78, 5) is 10.5. The lowest BCUT2D eigenvalue weighted by Gasteiger charge is -2.37. The molecule has 0 spiro atoms. The van der Waals surface area contributed by atoms with Crippen LogP contribution in [0.5, 0.6) is 0 Å². The Morgan fingerprint density at radius 3 is 2.52 bits per heavy atom. The molecule has 2 N–H and O–H groups in total. The first-order chi connectivity index (χ1) is 10.2. The lowest BCUT2D eigenvalue weighted by Crippen LogP contribution is -2.46. The standard InChI is InChI=1S/C16H22N4S/c1-12-4-3-5-15(13(12)2)19-6-8-20(9-7-19)16-18-11-14(10-17)21-16/h3-5,11H,6-10,17H2,1-2H3. The smallest absolute Gasteiger partial charge is 0.185 e. The van der Waals surface area contributed by atoms with Gasteiger partial charge in [0.05, 0.1) is 0 Å². The highest BCUT2D eigenvalue weighted by Gasteiger charge is 2.20. The zero-order valence-corrected chi connectivity index (χ0v) is 13.5. The molecule has 112 valence electrons. The number of benzene rings is 1. The molecular weight excluding hydrogens is 280 g/mol. The van der Waals surface area contributed by atoms with Crippen LogP contribution in [-0.4, -0.2) is 31.2 Å². The first-order valence-corrected chi connectivity index (χ1v) is 8.21. The molecule has 2 heterocycles. The quantitative estimate of drug-likeness (QED) is 0.946. The van der Waals surface area contributed by atoms with E-state index in [1.807, 2.05) is 6.20 Å². The Bertz CT molecular complexity index is 614. The van der Waals surface area contributed by atoms with Gasteiger partial charge in [-0.25, -0.2) is 4.98 Å². The van der Waals surface area contributed by atoms with E-state index in [2.05, 4.69) is 46.8 Å². The predicted octanol–water partition coefficient (Wildman–Crippen LogP) is 2.55. The van der Waals surface area contributed by atoms with Crippen molar-refractivity contribution in [2.45, 2.75) is 20.4 Å². The third-order valence-electron chi connectivity index (χ3n) is 4.21. The molecule has 1 fully saturated rings. The maximum atomic E-state index is 5.67. The highest BCUT2D eigenvalue weighted by Crippen LogP contribution is 2.27. The first-order valence-electron chi connectivity index (χ1n) is 7.40. The van der Waals surface area contributed by atoms with Crippen LogP contribution in [0.25, 0.3) is 0 Å². The number of nitrogens with two attached hydrogens (primary N) is 1. The van der Waals surface area contributed by atoms with Gasteiger partial charge < -0.3 is 15.5 Å². The Balaban J connectivity index is 1.68. The normalized spacial score (nSPS) is 15.6. The van der Waals surface area contributed by atoms with Gasteiger partial charge >= 0.3 is 0 Å². The van der Waals surface area contributed by atoms with Crippen LogP contribution >= 0.6 is 11.3 Å². The lowest BCUT2D eigenvalue weighted by molar-refractivity contribution is 0.651. The zero-order chi connectivity index (χ0) is 14.8. The summed E-state index contributed by atoms with van der Waals surface area (Å²) >= 11 is 1.71. The van der Waals surface area contributed by atoms with Gasteiger partial charge in [0.25, 0.3) is 0 Å². The summed E-state index contributed by atoms with van der Waals surface area (Å²) in [5.74, 6) is 0. The summed E-state index contributed by atoms with van der Waals surface area (Å²) in [5, 5.41) is 1.11. The molecule has 2 aromatic rings. The van der Waals surface area contributed by atoms with Gasteiger partial charge in [0, 0.05) is 49.5 Å². The number of rotatable bonds is 3. The van der Waals surface area contributed by atoms with Crippen LogP contribution < -0.4 is 15.5 Å². The average molecular weight is 302 g/mol. The van der Waals surface area contributed by atoms with Crippen LogP contribution in [0, 0.1) is 13.8 Å². The molecule has 4 nitrogen and oxygen atoms in total. The van der Waals surface area contributed by atoms with Crippen molar-refractivity contribution in [1.82, 2.24) is 4.98 Å². The fourth-order valence-electron chi connectivity index (χ4n) is 2.75. The number of hydrogen-bond donors (Lipinski definition) is 1. The minimum absolute atomic E-state index is 0.583. The van der Waals surface area contributed by atoms with Crippen LogP contribution in [0.1, 0.15) is 16.0 Å². The van der Waals surface area contributed by atoms with E-state index in [0.717, 1.165) is 36.2 Å².